The standard InChI is InChI=1S/C25H27N3O3/c1-16-9-18-3-4-20(11-19(18)10-16)31-25-21-12-23(29-2)24(13-22(21)27-15-28-25)30-14-17-5-7-26-8-6-17/h3-4,10-13,15,17,26H,5-9,14H2,1-2H3. The number of hydrogen-bond acceptors (Lipinski definition) is 6. The van der Waals surface area contributed by atoms with Crippen molar-refractivity contribution in [2.24, 2.45) is 5.92 Å². The Balaban J connectivity index is 1.41. The molecule has 0 saturated carbocycles. The Labute approximate surface area is 182 Å². The number of benzene rings is 2. The van der Waals surface area contributed by atoms with Gasteiger partial charge in [-0.2, -0.15) is 0 Å². The van der Waals surface area contributed by atoms with E-state index in [0.717, 1.165) is 49.0 Å². The first kappa shape index (κ1) is 19.8. The van der Waals surface area contributed by atoms with Crippen LogP contribution in [-0.2, 0) is 6.42 Å². The van der Waals surface area contributed by atoms with Gasteiger partial charge in [0.15, 0.2) is 11.5 Å². The number of methoxy groups -OCH3 is 1. The Bertz CT molecular complexity index is 1140. The second kappa shape index (κ2) is 8.55. The number of hydrogen-bond donors (Lipinski definition) is 1. The van der Waals surface area contributed by atoms with Gasteiger partial charge >= 0.3 is 0 Å². The van der Waals surface area contributed by atoms with Gasteiger partial charge in [0.1, 0.15) is 12.1 Å². The molecular formula is C25H27N3O3. The van der Waals surface area contributed by atoms with Gasteiger partial charge in [-0.15, -0.1) is 0 Å². The lowest BCUT2D eigenvalue weighted by Crippen LogP contribution is -2.30. The van der Waals surface area contributed by atoms with Gasteiger partial charge < -0.3 is 19.5 Å². The van der Waals surface area contributed by atoms with Crippen LogP contribution in [0, 0.1) is 5.92 Å². The fraction of sp³-hybridized carbons (Fsp3) is 0.360. The highest BCUT2D eigenvalue weighted by Crippen LogP contribution is 2.37. The number of allylic oxidation sites excluding steroid dienone is 1. The van der Waals surface area contributed by atoms with Crippen molar-refractivity contribution in [2.45, 2.75) is 26.2 Å². The fourth-order valence-electron chi connectivity index (χ4n) is 4.31. The first-order chi connectivity index (χ1) is 15.2. The largest absolute Gasteiger partial charge is 0.493 e. The lowest BCUT2D eigenvalue weighted by Gasteiger charge is -2.23. The number of piperidine rings is 1. The quantitative estimate of drug-likeness (QED) is 0.623. The zero-order valence-corrected chi connectivity index (χ0v) is 18.0. The third-order valence-electron chi connectivity index (χ3n) is 6.02. The maximum Gasteiger partial charge on any atom is 0.230 e. The topological polar surface area (TPSA) is 65.5 Å². The molecular weight excluding hydrogens is 390 g/mol. The van der Waals surface area contributed by atoms with Gasteiger partial charge in [-0.3, -0.25) is 0 Å². The summed E-state index contributed by atoms with van der Waals surface area (Å²) in [5.74, 6) is 3.19. The van der Waals surface area contributed by atoms with Gasteiger partial charge in [0.05, 0.1) is 24.6 Å². The van der Waals surface area contributed by atoms with Crippen molar-refractivity contribution in [2.75, 3.05) is 26.8 Å². The van der Waals surface area contributed by atoms with E-state index in [1.54, 1.807) is 7.11 Å². The van der Waals surface area contributed by atoms with Gasteiger partial charge in [0, 0.05) is 6.07 Å². The highest BCUT2D eigenvalue weighted by Gasteiger charge is 2.18. The van der Waals surface area contributed by atoms with E-state index in [1.807, 2.05) is 18.2 Å². The van der Waals surface area contributed by atoms with E-state index in [1.165, 1.54) is 23.0 Å². The zero-order valence-electron chi connectivity index (χ0n) is 18.0. The van der Waals surface area contributed by atoms with Crippen LogP contribution in [-0.4, -0.2) is 36.8 Å². The Morgan fingerprint density at radius 2 is 1.94 bits per heavy atom. The molecule has 0 amide bonds. The first-order valence-corrected chi connectivity index (χ1v) is 10.8. The van der Waals surface area contributed by atoms with E-state index in [2.05, 4.69) is 40.4 Å². The molecule has 2 aromatic carbocycles. The van der Waals surface area contributed by atoms with Crippen molar-refractivity contribution in [3.8, 4) is 23.1 Å². The summed E-state index contributed by atoms with van der Waals surface area (Å²) in [6.07, 6.45) is 6.99. The minimum atomic E-state index is 0.506. The smallest absolute Gasteiger partial charge is 0.230 e. The summed E-state index contributed by atoms with van der Waals surface area (Å²) in [6, 6.07) is 9.99. The summed E-state index contributed by atoms with van der Waals surface area (Å²) in [5.41, 5.74) is 4.67. The molecule has 0 bridgehead atoms. The Kier molecular flexibility index (Phi) is 5.47. The van der Waals surface area contributed by atoms with Crippen LogP contribution in [0.4, 0.5) is 0 Å². The number of ether oxygens (including phenoxy) is 3. The molecule has 0 radical (unpaired) electrons. The van der Waals surface area contributed by atoms with E-state index in [9.17, 15) is 0 Å². The van der Waals surface area contributed by atoms with Gasteiger partial charge in [0.25, 0.3) is 0 Å². The van der Waals surface area contributed by atoms with E-state index < -0.39 is 0 Å². The van der Waals surface area contributed by atoms with E-state index in [0.29, 0.717) is 29.9 Å². The number of nitrogens with one attached hydrogen (secondary N) is 1. The number of rotatable bonds is 6. The number of nitrogens with zero attached hydrogens (tertiary/aromatic N) is 2. The Hall–Kier alpha value is -3.12. The van der Waals surface area contributed by atoms with Crippen LogP contribution in [0.1, 0.15) is 30.9 Å². The molecule has 1 aromatic heterocycles. The molecule has 6 nitrogen and oxygen atoms in total. The molecule has 3 aromatic rings. The molecule has 1 N–H and O–H groups in total. The molecule has 1 aliphatic carbocycles. The SMILES string of the molecule is COc1cc2c(Oc3ccc4c(c3)C=C(C)C4)ncnc2cc1OCC1CCNCC1. The van der Waals surface area contributed by atoms with Gasteiger partial charge in [-0.05, 0) is 74.5 Å². The second-order valence-electron chi connectivity index (χ2n) is 8.33. The summed E-state index contributed by atoms with van der Waals surface area (Å²) in [7, 11) is 1.65. The Morgan fingerprint density at radius 1 is 1.06 bits per heavy atom. The highest BCUT2D eigenvalue weighted by atomic mass is 16.5. The van der Waals surface area contributed by atoms with Crippen molar-refractivity contribution in [1.82, 2.24) is 15.3 Å². The average Bonchev–Trinajstić information content (AvgIpc) is 3.17. The number of fused-ring (bicyclic) bond motifs is 2. The maximum absolute atomic E-state index is 6.16. The van der Waals surface area contributed by atoms with Crippen molar-refractivity contribution in [3.05, 3.63) is 53.4 Å². The first-order valence-electron chi connectivity index (χ1n) is 10.8. The van der Waals surface area contributed by atoms with Crippen molar-refractivity contribution in [3.63, 3.8) is 0 Å². The van der Waals surface area contributed by atoms with Crippen LogP contribution in [0.5, 0.6) is 23.1 Å². The van der Waals surface area contributed by atoms with Gasteiger partial charge in [-0.25, -0.2) is 9.97 Å². The predicted octanol–water partition coefficient (Wildman–Crippen LogP) is 4.77. The summed E-state index contributed by atoms with van der Waals surface area (Å²) >= 11 is 0. The van der Waals surface area contributed by atoms with Gasteiger partial charge in [-0.1, -0.05) is 17.7 Å². The average molecular weight is 418 g/mol. The molecule has 1 aliphatic heterocycles. The van der Waals surface area contributed by atoms with E-state index >= 15 is 0 Å². The van der Waals surface area contributed by atoms with E-state index in [-0.39, 0.29) is 0 Å². The van der Waals surface area contributed by atoms with Crippen LogP contribution in [0.15, 0.2) is 42.2 Å². The molecule has 160 valence electrons. The van der Waals surface area contributed by atoms with Crippen molar-refractivity contribution < 1.29 is 14.2 Å². The lowest BCUT2D eigenvalue weighted by atomic mass is 9.99. The van der Waals surface area contributed by atoms with Crippen molar-refractivity contribution in [1.29, 1.82) is 0 Å². The minimum Gasteiger partial charge on any atom is -0.493 e. The zero-order chi connectivity index (χ0) is 21.2. The summed E-state index contributed by atoms with van der Waals surface area (Å²) in [6.45, 7) is 4.93. The van der Waals surface area contributed by atoms with Crippen molar-refractivity contribution >= 4 is 17.0 Å². The normalized spacial score (nSPS) is 16.1. The summed E-state index contributed by atoms with van der Waals surface area (Å²) < 4.78 is 17.9. The van der Waals surface area contributed by atoms with E-state index in [4.69, 9.17) is 14.2 Å². The molecule has 0 spiro atoms. The Morgan fingerprint density at radius 3 is 2.77 bits per heavy atom. The highest BCUT2D eigenvalue weighted by molar-refractivity contribution is 5.87. The summed E-state index contributed by atoms with van der Waals surface area (Å²) in [5, 5.41) is 4.18. The monoisotopic (exact) mass is 417 g/mol. The molecule has 2 aliphatic rings. The molecule has 31 heavy (non-hydrogen) atoms. The molecule has 0 unspecified atom stereocenters. The fourth-order valence-corrected chi connectivity index (χ4v) is 4.31. The molecule has 6 heteroatoms. The van der Waals surface area contributed by atoms with Crippen LogP contribution in [0.2, 0.25) is 0 Å². The van der Waals surface area contributed by atoms with Gasteiger partial charge in [0.2, 0.25) is 5.88 Å². The minimum absolute atomic E-state index is 0.506. The molecule has 1 saturated heterocycles. The predicted molar refractivity (Wildman–Crippen MR) is 121 cm³/mol. The molecule has 1 fully saturated rings. The second-order valence-corrected chi connectivity index (χ2v) is 8.33. The van der Waals surface area contributed by atoms with Crippen LogP contribution >= 0.6 is 0 Å². The third-order valence-corrected chi connectivity index (χ3v) is 6.02. The summed E-state index contributed by atoms with van der Waals surface area (Å²) in [4.78, 5) is 8.82. The lowest BCUT2D eigenvalue weighted by molar-refractivity contribution is 0.208. The molecule has 0 atom stereocenters. The third kappa shape index (κ3) is 4.21. The van der Waals surface area contributed by atoms with Crippen LogP contribution < -0.4 is 19.5 Å². The van der Waals surface area contributed by atoms with Crippen LogP contribution in [0.3, 0.4) is 0 Å². The molecule has 2 heterocycles. The molecule has 5 rings (SSSR count). The van der Waals surface area contributed by atoms with Crippen LogP contribution in [0.25, 0.3) is 17.0 Å². The maximum atomic E-state index is 6.16. The number of aromatic nitrogens is 2.